The molecule has 1 aromatic carbocycles. The molecule has 1 rings (SSSR count). The molecule has 0 N–H and O–H groups in total. The SMILES string of the molecule is COc1ccc(CC(=O)C(=O)C(C)C)cc1. The molecule has 0 spiro atoms. The third-order valence-corrected chi connectivity index (χ3v) is 2.32. The highest BCUT2D eigenvalue weighted by Gasteiger charge is 2.17. The fourth-order valence-corrected chi connectivity index (χ4v) is 1.34. The fraction of sp³-hybridized carbons (Fsp3) is 0.385. The average Bonchev–Trinajstić information content (AvgIpc) is 2.28. The van der Waals surface area contributed by atoms with Gasteiger partial charge in [-0.05, 0) is 17.7 Å². The van der Waals surface area contributed by atoms with E-state index >= 15 is 0 Å². The molecule has 0 aliphatic carbocycles. The van der Waals surface area contributed by atoms with Crippen LogP contribution < -0.4 is 4.74 Å². The lowest BCUT2D eigenvalue weighted by molar-refractivity contribution is -0.138. The Bertz CT molecular complexity index is 377. The summed E-state index contributed by atoms with van der Waals surface area (Å²) in [4.78, 5) is 22.9. The molecule has 0 saturated carbocycles. The number of carbonyl (C=O) groups excluding carboxylic acids is 2. The van der Waals surface area contributed by atoms with Crippen LogP contribution in [0.25, 0.3) is 0 Å². The zero-order chi connectivity index (χ0) is 12.1. The lowest BCUT2D eigenvalue weighted by Gasteiger charge is -2.04. The maximum absolute atomic E-state index is 11.5. The molecule has 0 aliphatic heterocycles. The van der Waals surface area contributed by atoms with E-state index in [1.54, 1.807) is 45.2 Å². The highest BCUT2D eigenvalue weighted by molar-refractivity contribution is 6.38. The second-order valence-corrected chi connectivity index (χ2v) is 3.97. The summed E-state index contributed by atoms with van der Waals surface area (Å²) in [6, 6.07) is 7.15. The molecule has 1 aromatic rings. The Hall–Kier alpha value is -1.64. The smallest absolute Gasteiger partial charge is 0.203 e. The summed E-state index contributed by atoms with van der Waals surface area (Å²) in [5.74, 6) is -0.131. The summed E-state index contributed by atoms with van der Waals surface area (Å²) in [5.41, 5.74) is 0.833. The maximum Gasteiger partial charge on any atom is 0.203 e. The first-order valence-electron chi connectivity index (χ1n) is 5.24. The van der Waals surface area contributed by atoms with Crippen molar-refractivity contribution in [1.82, 2.24) is 0 Å². The van der Waals surface area contributed by atoms with Crippen LogP contribution in [-0.2, 0) is 16.0 Å². The van der Waals surface area contributed by atoms with E-state index < -0.39 is 0 Å². The van der Waals surface area contributed by atoms with Crippen LogP contribution in [0.1, 0.15) is 19.4 Å². The predicted molar refractivity (Wildman–Crippen MR) is 61.6 cm³/mol. The minimum absolute atomic E-state index is 0.168. The Kier molecular flexibility index (Phi) is 4.23. The van der Waals surface area contributed by atoms with E-state index in [9.17, 15) is 9.59 Å². The molecule has 0 bridgehead atoms. The Morgan fingerprint density at radius 2 is 1.75 bits per heavy atom. The first-order valence-corrected chi connectivity index (χ1v) is 5.24. The van der Waals surface area contributed by atoms with Gasteiger partial charge in [0.05, 0.1) is 7.11 Å². The molecule has 0 heterocycles. The summed E-state index contributed by atoms with van der Waals surface area (Å²) in [7, 11) is 1.59. The first-order chi connectivity index (χ1) is 7.54. The lowest BCUT2D eigenvalue weighted by Crippen LogP contribution is -2.21. The predicted octanol–water partition coefficient (Wildman–Crippen LogP) is 2.03. The van der Waals surface area contributed by atoms with Crippen molar-refractivity contribution in [3.05, 3.63) is 29.8 Å². The third kappa shape index (κ3) is 3.19. The Morgan fingerprint density at radius 1 is 1.19 bits per heavy atom. The van der Waals surface area contributed by atoms with Gasteiger partial charge in [0.15, 0.2) is 0 Å². The number of Topliss-reactive ketones (excluding diaryl/α,β-unsaturated/α-hetero) is 2. The molecule has 0 radical (unpaired) electrons. The van der Waals surface area contributed by atoms with Gasteiger partial charge in [0.2, 0.25) is 11.6 Å². The molecule has 0 aromatic heterocycles. The second kappa shape index (κ2) is 5.45. The zero-order valence-corrected chi connectivity index (χ0v) is 9.82. The van der Waals surface area contributed by atoms with Gasteiger partial charge >= 0.3 is 0 Å². The van der Waals surface area contributed by atoms with Crippen molar-refractivity contribution in [3.63, 3.8) is 0 Å². The van der Waals surface area contributed by atoms with Crippen molar-refractivity contribution in [2.45, 2.75) is 20.3 Å². The van der Waals surface area contributed by atoms with Gasteiger partial charge in [-0.15, -0.1) is 0 Å². The second-order valence-electron chi connectivity index (χ2n) is 3.97. The largest absolute Gasteiger partial charge is 0.497 e. The summed E-state index contributed by atoms with van der Waals surface area (Å²) >= 11 is 0. The summed E-state index contributed by atoms with van der Waals surface area (Å²) in [6.45, 7) is 3.46. The minimum atomic E-state index is -0.333. The number of hydrogen-bond acceptors (Lipinski definition) is 3. The molecule has 0 amide bonds. The maximum atomic E-state index is 11.5. The molecule has 3 heteroatoms. The highest BCUT2D eigenvalue weighted by Crippen LogP contribution is 2.12. The average molecular weight is 220 g/mol. The normalized spacial score (nSPS) is 10.2. The number of hydrogen-bond donors (Lipinski definition) is 0. The van der Waals surface area contributed by atoms with Crippen molar-refractivity contribution >= 4 is 11.6 Å². The summed E-state index contributed by atoms with van der Waals surface area (Å²) in [6.07, 6.45) is 0.168. The highest BCUT2D eigenvalue weighted by atomic mass is 16.5. The fourth-order valence-electron chi connectivity index (χ4n) is 1.34. The van der Waals surface area contributed by atoms with Crippen molar-refractivity contribution in [2.24, 2.45) is 5.92 Å². The molecule has 0 unspecified atom stereocenters. The topological polar surface area (TPSA) is 43.4 Å². The quantitative estimate of drug-likeness (QED) is 0.713. The van der Waals surface area contributed by atoms with Gasteiger partial charge in [0, 0.05) is 12.3 Å². The molecular weight excluding hydrogens is 204 g/mol. The van der Waals surface area contributed by atoms with E-state index in [0.29, 0.717) is 0 Å². The van der Waals surface area contributed by atoms with E-state index in [1.165, 1.54) is 0 Å². The molecule has 0 fully saturated rings. The Morgan fingerprint density at radius 3 is 2.19 bits per heavy atom. The van der Waals surface area contributed by atoms with Crippen LogP contribution in [0, 0.1) is 5.92 Å². The Balaban J connectivity index is 2.66. The zero-order valence-electron chi connectivity index (χ0n) is 9.82. The van der Waals surface area contributed by atoms with Gasteiger partial charge in [-0.25, -0.2) is 0 Å². The molecule has 0 atom stereocenters. The van der Waals surface area contributed by atoms with Crippen molar-refractivity contribution in [3.8, 4) is 5.75 Å². The molecule has 16 heavy (non-hydrogen) atoms. The molecule has 0 saturated heterocycles. The van der Waals surface area contributed by atoms with Gasteiger partial charge in [-0.2, -0.15) is 0 Å². The van der Waals surface area contributed by atoms with Gasteiger partial charge in [-0.1, -0.05) is 26.0 Å². The van der Waals surface area contributed by atoms with Crippen LogP contribution in [0.15, 0.2) is 24.3 Å². The van der Waals surface area contributed by atoms with Crippen molar-refractivity contribution < 1.29 is 14.3 Å². The number of rotatable bonds is 5. The van der Waals surface area contributed by atoms with Crippen LogP contribution >= 0.6 is 0 Å². The van der Waals surface area contributed by atoms with E-state index in [2.05, 4.69) is 0 Å². The summed E-state index contributed by atoms with van der Waals surface area (Å²) in [5, 5.41) is 0. The lowest BCUT2D eigenvalue weighted by atomic mass is 10.00. The third-order valence-electron chi connectivity index (χ3n) is 2.32. The van der Waals surface area contributed by atoms with Gasteiger partial charge in [0.1, 0.15) is 5.75 Å². The number of methoxy groups -OCH3 is 1. The minimum Gasteiger partial charge on any atom is -0.497 e. The van der Waals surface area contributed by atoms with Crippen LogP contribution in [-0.4, -0.2) is 18.7 Å². The van der Waals surface area contributed by atoms with Gasteiger partial charge in [0.25, 0.3) is 0 Å². The Labute approximate surface area is 95.4 Å². The number of benzene rings is 1. The standard InChI is InChI=1S/C13H16O3/c1-9(2)13(15)12(14)8-10-4-6-11(16-3)7-5-10/h4-7,9H,8H2,1-3H3. The monoisotopic (exact) mass is 220 g/mol. The molecule has 3 nitrogen and oxygen atoms in total. The molecular formula is C13H16O3. The summed E-state index contributed by atoms with van der Waals surface area (Å²) < 4.78 is 5.01. The number of carbonyl (C=O) groups is 2. The number of ketones is 2. The van der Waals surface area contributed by atoms with Crippen LogP contribution in [0.5, 0.6) is 5.75 Å². The van der Waals surface area contributed by atoms with E-state index in [0.717, 1.165) is 11.3 Å². The van der Waals surface area contributed by atoms with Gasteiger partial charge in [-0.3, -0.25) is 9.59 Å². The van der Waals surface area contributed by atoms with E-state index in [1.807, 2.05) is 0 Å². The van der Waals surface area contributed by atoms with Crippen LogP contribution in [0.2, 0.25) is 0 Å². The van der Waals surface area contributed by atoms with Crippen molar-refractivity contribution in [1.29, 1.82) is 0 Å². The first kappa shape index (κ1) is 12.4. The van der Waals surface area contributed by atoms with Crippen LogP contribution in [0.4, 0.5) is 0 Å². The number of ether oxygens (including phenoxy) is 1. The molecule has 0 aliphatic rings. The van der Waals surface area contributed by atoms with Crippen molar-refractivity contribution in [2.75, 3.05) is 7.11 Å². The molecule has 86 valence electrons. The van der Waals surface area contributed by atoms with Crippen LogP contribution in [0.3, 0.4) is 0 Å². The van der Waals surface area contributed by atoms with E-state index in [-0.39, 0.29) is 23.9 Å². The van der Waals surface area contributed by atoms with Gasteiger partial charge < -0.3 is 4.74 Å². The van der Waals surface area contributed by atoms with E-state index in [4.69, 9.17) is 4.74 Å².